The van der Waals surface area contributed by atoms with Gasteiger partial charge in [0.2, 0.25) is 5.91 Å². The molecule has 0 aromatic carbocycles. The predicted molar refractivity (Wildman–Crippen MR) is 68.1 cm³/mol. The van der Waals surface area contributed by atoms with Crippen LogP contribution in [0.2, 0.25) is 0 Å². The summed E-state index contributed by atoms with van der Waals surface area (Å²) in [6.07, 6.45) is 8.93. The molecule has 2 aliphatic rings. The van der Waals surface area contributed by atoms with Crippen molar-refractivity contribution in [1.29, 1.82) is 0 Å². The summed E-state index contributed by atoms with van der Waals surface area (Å²) in [7, 11) is 0. The van der Waals surface area contributed by atoms with Crippen molar-refractivity contribution in [3.63, 3.8) is 0 Å². The molecule has 4 heteroatoms. The Bertz CT molecular complexity index is 310. The molecule has 0 heterocycles. The topological polar surface area (TPSA) is 66.4 Å². The summed E-state index contributed by atoms with van der Waals surface area (Å²) >= 11 is 0. The van der Waals surface area contributed by atoms with Crippen LogP contribution >= 0.6 is 0 Å². The molecule has 4 nitrogen and oxygen atoms in total. The first-order valence-corrected chi connectivity index (χ1v) is 7.21. The summed E-state index contributed by atoms with van der Waals surface area (Å²) in [5, 5.41) is 12.2. The first-order chi connectivity index (χ1) is 8.68. The monoisotopic (exact) mass is 253 g/mol. The average molecular weight is 253 g/mol. The Hall–Kier alpha value is -1.06. The van der Waals surface area contributed by atoms with Gasteiger partial charge in [0, 0.05) is 12.0 Å². The fourth-order valence-corrected chi connectivity index (χ4v) is 3.26. The van der Waals surface area contributed by atoms with Gasteiger partial charge in [0.25, 0.3) is 0 Å². The number of rotatable bonds is 3. The van der Waals surface area contributed by atoms with Gasteiger partial charge in [-0.15, -0.1) is 0 Å². The highest BCUT2D eigenvalue weighted by Crippen LogP contribution is 2.27. The Kier molecular flexibility index (Phi) is 4.61. The third-order valence-electron chi connectivity index (χ3n) is 4.39. The molecule has 1 amide bonds. The van der Waals surface area contributed by atoms with Gasteiger partial charge in [-0.05, 0) is 25.7 Å². The molecule has 0 unspecified atom stereocenters. The summed E-state index contributed by atoms with van der Waals surface area (Å²) in [5.41, 5.74) is 0. The van der Waals surface area contributed by atoms with Crippen LogP contribution in [0, 0.1) is 11.8 Å². The van der Waals surface area contributed by atoms with Gasteiger partial charge in [-0.2, -0.15) is 0 Å². The summed E-state index contributed by atoms with van der Waals surface area (Å²) in [6, 6.07) is -0.148. The number of nitrogens with one attached hydrogen (secondary N) is 1. The lowest BCUT2D eigenvalue weighted by Crippen LogP contribution is -2.47. The molecular weight excluding hydrogens is 230 g/mol. The van der Waals surface area contributed by atoms with Crippen LogP contribution in [0.1, 0.15) is 57.8 Å². The molecule has 2 atom stereocenters. The maximum atomic E-state index is 12.1. The van der Waals surface area contributed by atoms with Crippen LogP contribution < -0.4 is 5.32 Å². The molecule has 18 heavy (non-hydrogen) atoms. The first-order valence-electron chi connectivity index (χ1n) is 7.21. The highest BCUT2D eigenvalue weighted by atomic mass is 16.4. The van der Waals surface area contributed by atoms with Gasteiger partial charge in [0.05, 0.1) is 5.92 Å². The van der Waals surface area contributed by atoms with Crippen molar-refractivity contribution in [3.05, 3.63) is 0 Å². The number of hydrogen-bond donors (Lipinski definition) is 2. The summed E-state index contributed by atoms with van der Waals surface area (Å²) < 4.78 is 0. The lowest BCUT2D eigenvalue weighted by molar-refractivity contribution is -0.144. The van der Waals surface area contributed by atoms with Crippen molar-refractivity contribution in [3.8, 4) is 0 Å². The van der Waals surface area contributed by atoms with E-state index < -0.39 is 5.97 Å². The van der Waals surface area contributed by atoms with Gasteiger partial charge in [-0.3, -0.25) is 9.59 Å². The number of carbonyl (C=O) groups excluding carboxylic acids is 1. The maximum Gasteiger partial charge on any atom is 0.308 e. The Morgan fingerprint density at radius 3 is 2.17 bits per heavy atom. The second-order valence-corrected chi connectivity index (χ2v) is 5.68. The molecule has 0 saturated heterocycles. The van der Waals surface area contributed by atoms with Crippen molar-refractivity contribution in [2.75, 3.05) is 0 Å². The molecule has 2 aliphatic carbocycles. The Morgan fingerprint density at radius 2 is 1.50 bits per heavy atom. The van der Waals surface area contributed by atoms with Crippen molar-refractivity contribution in [2.45, 2.75) is 63.8 Å². The number of carboxylic acids is 1. The zero-order chi connectivity index (χ0) is 13.0. The van der Waals surface area contributed by atoms with Crippen LogP contribution in [0.5, 0.6) is 0 Å². The zero-order valence-corrected chi connectivity index (χ0v) is 10.9. The molecule has 0 aromatic heterocycles. The van der Waals surface area contributed by atoms with Crippen LogP contribution in [0.4, 0.5) is 0 Å². The number of hydrogen-bond acceptors (Lipinski definition) is 2. The lowest BCUT2D eigenvalue weighted by Gasteiger charge is -2.31. The summed E-state index contributed by atoms with van der Waals surface area (Å²) in [4.78, 5) is 23.3. The largest absolute Gasteiger partial charge is 0.481 e. The van der Waals surface area contributed by atoms with Crippen LogP contribution in [-0.2, 0) is 9.59 Å². The second kappa shape index (κ2) is 6.21. The Balaban J connectivity index is 1.89. The molecular formula is C14H23NO3. The molecule has 2 N–H and O–H groups in total. The molecule has 0 radical (unpaired) electrons. The maximum absolute atomic E-state index is 12.1. The highest BCUT2D eigenvalue weighted by molar-refractivity contribution is 5.80. The quantitative estimate of drug-likeness (QED) is 0.811. The summed E-state index contributed by atoms with van der Waals surface area (Å²) in [5.74, 6) is -0.932. The molecule has 0 aliphatic heterocycles. The van der Waals surface area contributed by atoms with E-state index in [0.29, 0.717) is 6.42 Å². The summed E-state index contributed by atoms with van der Waals surface area (Å²) in [6.45, 7) is 0. The number of amides is 1. The number of aliphatic carboxylic acids is 1. The van der Waals surface area contributed by atoms with Gasteiger partial charge in [0.15, 0.2) is 0 Å². The van der Waals surface area contributed by atoms with Crippen molar-refractivity contribution < 1.29 is 14.7 Å². The van der Waals surface area contributed by atoms with Gasteiger partial charge in [-0.25, -0.2) is 0 Å². The third kappa shape index (κ3) is 3.24. The van der Waals surface area contributed by atoms with Crippen LogP contribution in [0.15, 0.2) is 0 Å². The molecule has 2 fully saturated rings. The zero-order valence-electron chi connectivity index (χ0n) is 10.9. The minimum absolute atomic E-state index is 0.0906. The van der Waals surface area contributed by atoms with E-state index in [1.165, 1.54) is 6.42 Å². The van der Waals surface area contributed by atoms with E-state index in [0.717, 1.165) is 44.9 Å². The normalized spacial score (nSPS) is 29.8. The van der Waals surface area contributed by atoms with Gasteiger partial charge < -0.3 is 10.4 Å². The van der Waals surface area contributed by atoms with E-state index in [1.807, 2.05) is 0 Å². The van der Waals surface area contributed by atoms with Gasteiger partial charge >= 0.3 is 5.97 Å². The molecule has 0 aromatic rings. The van der Waals surface area contributed by atoms with Crippen molar-refractivity contribution >= 4 is 11.9 Å². The first kappa shape index (κ1) is 13.4. The van der Waals surface area contributed by atoms with Crippen molar-refractivity contribution in [2.24, 2.45) is 11.8 Å². The van der Waals surface area contributed by atoms with Gasteiger partial charge in [0.1, 0.15) is 0 Å². The van der Waals surface area contributed by atoms with E-state index in [1.54, 1.807) is 0 Å². The molecule has 2 rings (SSSR count). The predicted octanol–water partition coefficient (Wildman–Crippen LogP) is 2.33. The lowest BCUT2D eigenvalue weighted by atomic mass is 9.83. The smallest absolute Gasteiger partial charge is 0.308 e. The molecule has 0 bridgehead atoms. The minimum atomic E-state index is -0.761. The van der Waals surface area contributed by atoms with Crippen LogP contribution in [-0.4, -0.2) is 23.0 Å². The van der Waals surface area contributed by atoms with Crippen molar-refractivity contribution in [1.82, 2.24) is 5.32 Å². The molecule has 102 valence electrons. The third-order valence-corrected chi connectivity index (χ3v) is 4.39. The van der Waals surface area contributed by atoms with E-state index in [9.17, 15) is 14.7 Å². The van der Waals surface area contributed by atoms with E-state index in [4.69, 9.17) is 0 Å². The Morgan fingerprint density at radius 1 is 0.889 bits per heavy atom. The Labute approximate surface area is 108 Å². The standard InChI is InChI=1S/C14H23NO3/c16-13(10-6-2-1-3-7-10)15-12-9-5-4-8-11(12)14(17)18/h10-12H,1-9H2,(H,15,16)(H,17,18)/t11-,12+/m1/s1. The number of carbonyl (C=O) groups is 2. The number of carboxylic acid groups (broad SMARTS) is 1. The average Bonchev–Trinajstić information content (AvgIpc) is 2.40. The fourth-order valence-electron chi connectivity index (χ4n) is 3.26. The highest BCUT2D eigenvalue weighted by Gasteiger charge is 2.33. The van der Waals surface area contributed by atoms with E-state index in [2.05, 4.69) is 5.32 Å². The van der Waals surface area contributed by atoms with E-state index >= 15 is 0 Å². The van der Waals surface area contributed by atoms with Crippen LogP contribution in [0.3, 0.4) is 0 Å². The SMILES string of the molecule is O=C(N[C@H]1CCCC[C@H]1C(=O)O)C1CCCCC1. The van der Waals surface area contributed by atoms with E-state index in [-0.39, 0.29) is 23.8 Å². The fraction of sp³-hybridized carbons (Fsp3) is 0.857. The molecule has 2 saturated carbocycles. The molecule has 0 spiro atoms. The second-order valence-electron chi connectivity index (χ2n) is 5.68. The minimum Gasteiger partial charge on any atom is -0.481 e. The van der Waals surface area contributed by atoms with Crippen LogP contribution in [0.25, 0.3) is 0 Å². The van der Waals surface area contributed by atoms with Gasteiger partial charge in [-0.1, -0.05) is 32.1 Å².